The van der Waals surface area contributed by atoms with Crippen molar-refractivity contribution in [1.82, 2.24) is 9.88 Å². The zero-order chi connectivity index (χ0) is 27.0. The summed E-state index contributed by atoms with van der Waals surface area (Å²) in [4.78, 5) is 31.6. The molecule has 6 nitrogen and oxygen atoms in total. The van der Waals surface area contributed by atoms with Gasteiger partial charge in [-0.15, -0.1) is 0 Å². The van der Waals surface area contributed by atoms with Gasteiger partial charge in [-0.1, -0.05) is 38.1 Å². The Balaban J connectivity index is 1.65. The lowest BCUT2D eigenvalue weighted by Gasteiger charge is -2.29. The fraction of sp³-hybridized carbons (Fsp3) is 0.226. The summed E-state index contributed by atoms with van der Waals surface area (Å²) >= 11 is 0. The number of esters is 1. The molecular weight excluding hydrogens is 483 g/mol. The van der Waals surface area contributed by atoms with Crippen LogP contribution in [0.3, 0.4) is 0 Å². The number of aromatic nitrogens is 1. The van der Waals surface area contributed by atoms with Crippen LogP contribution >= 0.6 is 0 Å². The first-order valence-electron chi connectivity index (χ1n) is 12.5. The van der Waals surface area contributed by atoms with Crippen molar-refractivity contribution in [3.8, 4) is 16.9 Å². The molecule has 1 aliphatic rings. The van der Waals surface area contributed by atoms with Gasteiger partial charge in [0, 0.05) is 34.6 Å². The van der Waals surface area contributed by atoms with Crippen LogP contribution in [0.2, 0.25) is 0 Å². The number of hydrogen-bond acceptors (Lipinski definition) is 4. The largest absolute Gasteiger partial charge is 0.497 e. The Hall–Kier alpha value is -4.39. The van der Waals surface area contributed by atoms with Gasteiger partial charge in [0.15, 0.2) is 0 Å². The van der Waals surface area contributed by atoms with Gasteiger partial charge in [0.05, 0.1) is 25.0 Å². The summed E-state index contributed by atoms with van der Waals surface area (Å²) in [5, 5.41) is 0.961. The van der Waals surface area contributed by atoms with E-state index in [2.05, 4.69) is 11.1 Å². The van der Waals surface area contributed by atoms with Gasteiger partial charge in [-0.3, -0.25) is 4.79 Å². The fourth-order valence-corrected chi connectivity index (χ4v) is 5.11. The van der Waals surface area contributed by atoms with E-state index in [9.17, 15) is 14.0 Å². The number of fused-ring (bicyclic) bond motifs is 3. The number of ether oxygens (including phenoxy) is 2. The number of methoxy groups -OCH3 is 1. The summed E-state index contributed by atoms with van der Waals surface area (Å²) in [6.45, 7) is 6.34. The summed E-state index contributed by atoms with van der Waals surface area (Å²) in [6, 6.07) is 19.4. The maximum atomic E-state index is 13.5. The molecule has 0 aliphatic carbocycles. The Morgan fingerprint density at radius 2 is 1.76 bits per heavy atom. The number of H-pyrrole nitrogens is 1. The lowest BCUT2D eigenvalue weighted by atomic mass is 9.81. The maximum absolute atomic E-state index is 13.5. The second-order valence-corrected chi connectivity index (χ2v) is 9.95. The van der Waals surface area contributed by atoms with Crippen LogP contribution in [0.1, 0.15) is 42.4 Å². The van der Waals surface area contributed by atoms with E-state index in [1.807, 2.05) is 50.2 Å². The highest BCUT2D eigenvalue weighted by molar-refractivity contribution is 6.18. The molecule has 1 amide bonds. The summed E-state index contributed by atoms with van der Waals surface area (Å²) < 4.78 is 24.3. The smallest absolute Gasteiger partial charge is 0.341 e. The number of carbonyl (C=O) groups excluding carboxylic acids is 2. The number of carbonyl (C=O) groups is 2. The molecule has 0 unspecified atom stereocenters. The average molecular weight is 513 g/mol. The molecule has 1 aromatic heterocycles. The lowest BCUT2D eigenvalue weighted by Crippen LogP contribution is -2.36. The van der Waals surface area contributed by atoms with Gasteiger partial charge in [0.25, 0.3) is 5.91 Å². The van der Waals surface area contributed by atoms with Gasteiger partial charge in [-0.25, -0.2) is 9.18 Å². The van der Waals surface area contributed by atoms with E-state index in [1.165, 1.54) is 29.2 Å². The van der Waals surface area contributed by atoms with Crippen LogP contribution in [0.5, 0.6) is 5.75 Å². The molecule has 3 aromatic carbocycles. The van der Waals surface area contributed by atoms with Crippen molar-refractivity contribution in [2.45, 2.75) is 26.2 Å². The second kappa shape index (κ2) is 9.82. The SMILES string of the molecule is CCOC(=O)C1=CN(C(=O)c2ccc(F)cc2)CC(C)(C)c2c1[nH]c1cc(-c3cccc(OC)c3)ccc21. The van der Waals surface area contributed by atoms with E-state index in [4.69, 9.17) is 9.47 Å². The Labute approximate surface area is 220 Å². The minimum atomic E-state index is -0.536. The molecule has 1 N–H and O–H groups in total. The van der Waals surface area contributed by atoms with Gasteiger partial charge in [-0.2, -0.15) is 0 Å². The van der Waals surface area contributed by atoms with Crippen LogP contribution < -0.4 is 4.74 Å². The minimum Gasteiger partial charge on any atom is -0.497 e. The first-order chi connectivity index (χ1) is 18.2. The number of halogens is 1. The summed E-state index contributed by atoms with van der Waals surface area (Å²) in [7, 11) is 1.64. The van der Waals surface area contributed by atoms with Crippen molar-refractivity contribution in [1.29, 1.82) is 0 Å². The number of nitrogens with one attached hydrogen (secondary N) is 1. The zero-order valence-electron chi connectivity index (χ0n) is 21.8. The van der Waals surface area contributed by atoms with Crippen molar-refractivity contribution >= 4 is 28.4 Å². The molecule has 194 valence electrons. The molecule has 0 spiro atoms. The predicted octanol–water partition coefficient (Wildman–Crippen LogP) is 6.32. The molecule has 0 radical (unpaired) electrons. The van der Waals surface area contributed by atoms with Gasteiger partial charge in [-0.05, 0) is 66.1 Å². The fourth-order valence-electron chi connectivity index (χ4n) is 5.11. The molecule has 1 aliphatic heterocycles. The van der Waals surface area contributed by atoms with Gasteiger partial charge in [0.2, 0.25) is 0 Å². The minimum absolute atomic E-state index is 0.195. The third-order valence-corrected chi connectivity index (χ3v) is 6.85. The van der Waals surface area contributed by atoms with Crippen LogP contribution in [0.25, 0.3) is 27.6 Å². The maximum Gasteiger partial charge on any atom is 0.341 e. The van der Waals surface area contributed by atoms with E-state index in [0.29, 0.717) is 17.8 Å². The standard InChI is InChI=1S/C31H29FN2O4/c1-5-38-30(36)25-17-34(29(35)19-9-12-22(32)13-10-19)18-31(2,3)27-24-14-11-21(16-26(24)33-28(25)27)20-7-6-8-23(15-20)37-4/h6-17,33H,5,18H2,1-4H3. The van der Waals surface area contributed by atoms with Crippen molar-refractivity contribution < 1.29 is 23.5 Å². The van der Waals surface area contributed by atoms with Gasteiger partial charge < -0.3 is 19.4 Å². The number of rotatable bonds is 5. The molecule has 0 fully saturated rings. The molecule has 0 atom stereocenters. The third-order valence-electron chi connectivity index (χ3n) is 6.85. The van der Waals surface area contributed by atoms with E-state index in [0.717, 1.165) is 33.3 Å². The molecule has 7 heteroatoms. The van der Waals surface area contributed by atoms with Gasteiger partial charge >= 0.3 is 5.97 Å². The van der Waals surface area contributed by atoms with E-state index in [-0.39, 0.29) is 18.1 Å². The Kier molecular flexibility index (Phi) is 6.53. The van der Waals surface area contributed by atoms with Crippen molar-refractivity contribution in [2.24, 2.45) is 0 Å². The van der Waals surface area contributed by atoms with E-state index < -0.39 is 17.2 Å². The molecular formula is C31H29FN2O4. The first-order valence-corrected chi connectivity index (χ1v) is 12.5. The molecule has 0 saturated carbocycles. The number of benzene rings is 3. The lowest BCUT2D eigenvalue weighted by molar-refractivity contribution is -0.136. The summed E-state index contributed by atoms with van der Waals surface area (Å²) in [6.07, 6.45) is 1.55. The molecule has 0 saturated heterocycles. The normalized spacial score (nSPS) is 14.4. The van der Waals surface area contributed by atoms with Crippen LogP contribution in [0, 0.1) is 5.82 Å². The number of nitrogens with zero attached hydrogens (tertiary/aromatic N) is 1. The Morgan fingerprint density at radius 3 is 2.47 bits per heavy atom. The van der Waals surface area contributed by atoms with Crippen molar-refractivity contribution in [2.75, 3.05) is 20.3 Å². The van der Waals surface area contributed by atoms with Crippen LogP contribution in [0.15, 0.2) is 72.9 Å². The van der Waals surface area contributed by atoms with Crippen LogP contribution in [0.4, 0.5) is 4.39 Å². The summed E-state index contributed by atoms with van der Waals surface area (Å²) in [5.41, 5.74) is 4.50. The zero-order valence-corrected chi connectivity index (χ0v) is 21.8. The molecule has 5 rings (SSSR count). The average Bonchev–Trinajstić information content (AvgIpc) is 3.25. The molecule has 4 aromatic rings. The first kappa shape index (κ1) is 25.3. The Bertz CT molecular complexity index is 1570. The monoisotopic (exact) mass is 512 g/mol. The highest BCUT2D eigenvalue weighted by atomic mass is 19.1. The predicted molar refractivity (Wildman–Crippen MR) is 145 cm³/mol. The Morgan fingerprint density at radius 1 is 1.03 bits per heavy atom. The summed E-state index contributed by atoms with van der Waals surface area (Å²) in [5.74, 6) is -0.503. The van der Waals surface area contributed by atoms with Crippen LogP contribution in [-0.4, -0.2) is 42.0 Å². The number of amides is 1. The number of aromatic amines is 1. The highest BCUT2D eigenvalue weighted by Gasteiger charge is 2.37. The molecule has 2 heterocycles. The van der Waals surface area contributed by atoms with Crippen molar-refractivity contribution in [3.05, 3.63) is 95.6 Å². The van der Waals surface area contributed by atoms with E-state index in [1.54, 1.807) is 20.2 Å². The quantitative estimate of drug-likeness (QED) is 0.318. The highest BCUT2D eigenvalue weighted by Crippen LogP contribution is 2.41. The van der Waals surface area contributed by atoms with Crippen LogP contribution in [-0.2, 0) is 14.9 Å². The second-order valence-electron chi connectivity index (χ2n) is 9.95. The van der Waals surface area contributed by atoms with Gasteiger partial charge in [0.1, 0.15) is 11.6 Å². The van der Waals surface area contributed by atoms with Crippen molar-refractivity contribution in [3.63, 3.8) is 0 Å². The molecule has 38 heavy (non-hydrogen) atoms. The third kappa shape index (κ3) is 4.56. The molecule has 0 bridgehead atoms. The number of hydrogen-bond donors (Lipinski definition) is 1. The van der Waals surface area contributed by atoms with E-state index >= 15 is 0 Å². The topological polar surface area (TPSA) is 71.6 Å².